The van der Waals surface area contributed by atoms with Crippen LogP contribution in [0.3, 0.4) is 0 Å². The Kier molecular flexibility index (Phi) is 5.56. The van der Waals surface area contributed by atoms with Crippen molar-refractivity contribution >= 4 is 41.0 Å². The van der Waals surface area contributed by atoms with E-state index in [0.29, 0.717) is 21.8 Å². The van der Waals surface area contributed by atoms with E-state index in [4.69, 9.17) is 11.6 Å². The maximum atomic E-state index is 12.8. The van der Waals surface area contributed by atoms with E-state index in [1.165, 1.54) is 7.05 Å². The van der Waals surface area contributed by atoms with Crippen molar-refractivity contribution in [3.8, 4) is 0 Å². The van der Waals surface area contributed by atoms with Gasteiger partial charge < -0.3 is 16.0 Å². The summed E-state index contributed by atoms with van der Waals surface area (Å²) >= 11 is 5.88. The third-order valence-electron chi connectivity index (χ3n) is 4.66. The molecular formula is C20H19ClN4O4. The van der Waals surface area contributed by atoms with Gasteiger partial charge in [-0.2, -0.15) is 0 Å². The molecule has 0 aromatic heterocycles. The molecule has 0 aliphatic carbocycles. The van der Waals surface area contributed by atoms with Gasteiger partial charge in [0.1, 0.15) is 12.1 Å². The number of benzene rings is 2. The summed E-state index contributed by atoms with van der Waals surface area (Å²) in [6.45, 7) is 1.14. The van der Waals surface area contributed by atoms with Gasteiger partial charge in [-0.3, -0.25) is 19.3 Å². The van der Waals surface area contributed by atoms with Gasteiger partial charge in [-0.1, -0.05) is 23.7 Å². The van der Waals surface area contributed by atoms with Crippen molar-refractivity contribution in [2.24, 2.45) is 0 Å². The Morgan fingerprint density at radius 3 is 2.28 bits per heavy atom. The van der Waals surface area contributed by atoms with Crippen molar-refractivity contribution in [1.29, 1.82) is 0 Å². The van der Waals surface area contributed by atoms with Gasteiger partial charge in [-0.15, -0.1) is 0 Å². The molecule has 9 heteroatoms. The molecule has 8 nitrogen and oxygen atoms in total. The summed E-state index contributed by atoms with van der Waals surface area (Å²) in [5, 5.41) is 8.25. The van der Waals surface area contributed by atoms with Gasteiger partial charge in [0.2, 0.25) is 5.91 Å². The van der Waals surface area contributed by atoms with Crippen LogP contribution in [0, 0.1) is 0 Å². The lowest BCUT2D eigenvalue weighted by atomic mass is 9.92. The third-order valence-corrected chi connectivity index (χ3v) is 4.91. The molecule has 2 aromatic carbocycles. The molecule has 150 valence electrons. The summed E-state index contributed by atoms with van der Waals surface area (Å²) in [5.74, 6) is -1.32. The van der Waals surface area contributed by atoms with Crippen LogP contribution >= 0.6 is 11.6 Å². The molecule has 1 aliphatic rings. The van der Waals surface area contributed by atoms with Crippen LogP contribution in [0.15, 0.2) is 48.5 Å². The highest BCUT2D eigenvalue weighted by atomic mass is 35.5. The van der Waals surface area contributed by atoms with E-state index >= 15 is 0 Å². The van der Waals surface area contributed by atoms with E-state index in [2.05, 4.69) is 16.0 Å². The SMILES string of the molecule is CNC(=O)c1ccc(NC(=O)CN2C(=O)NC(C)(c3ccc(Cl)cc3)C2=O)cc1. The van der Waals surface area contributed by atoms with Crippen molar-refractivity contribution in [3.05, 3.63) is 64.7 Å². The second-order valence-electron chi connectivity index (χ2n) is 6.66. The number of carbonyl (C=O) groups excluding carboxylic acids is 4. The Morgan fingerprint density at radius 2 is 1.69 bits per heavy atom. The van der Waals surface area contributed by atoms with Gasteiger partial charge in [0.15, 0.2) is 0 Å². The number of hydrogen-bond donors (Lipinski definition) is 3. The number of urea groups is 1. The van der Waals surface area contributed by atoms with Gasteiger partial charge in [0, 0.05) is 23.3 Å². The van der Waals surface area contributed by atoms with Gasteiger partial charge in [0.25, 0.3) is 11.8 Å². The zero-order chi connectivity index (χ0) is 21.2. The quantitative estimate of drug-likeness (QED) is 0.651. The van der Waals surface area contributed by atoms with Crippen LogP contribution in [-0.2, 0) is 15.1 Å². The Hall–Kier alpha value is -3.39. The number of carbonyl (C=O) groups is 4. The lowest BCUT2D eigenvalue weighted by Crippen LogP contribution is -2.42. The van der Waals surface area contributed by atoms with E-state index in [1.54, 1.807) is 55.5 Å². The summed E-state index contributed by atoms with van der Waals surface area (Å²) in [5.41, 5.74) is 0.165. The predicted molar refractivity (Wildman–Crippen MR) is 108 cm³/mol. The Labute approximate surface area is 172 Å². The highest BCUT2D eigenvalue weighted by molar-refractivity contribution is 6.30. The molecule has 1 saturated heterocycles. The fourth-order valence-electron chi connectivity index (χ4n) is 3.01. The van der Waals surface area contributed by atoms with Crippen LogP contribution in [0.4, 0.5) is 10.5 Å². The molecule has 1 aliphatic heterocycles. The number of rotatable bonds is 5. The number of halogens is 1. The van der Waals surface area contributed by atoms with Gasteiger partial charge in [-0.05, 0) is 48.9 Å². The number of nitrogens with zero attached hydrogens (tertiary/aromatic N) is 1. The monoisotopic (exact) mass is 414 g/mol. The molecule has 3 N–H and O–H groups in total. The molecule has 1 unspecified atom stereocenters. The average molecular weight is 415 g/mol. The normalized spacial score (nSPS) is 18.4. The first-order valence-electron chi connectivity index (χ1n) is 8.77. The molecule has 3 rings (SSSR count). The van der Waals surface area contributed by atoms with Gasteiger partial charge in [0.05, 0.1) is 0 Å². The highest BCUT2D eigenvalue weighted by Crippen LogP contribution is 2.29. The zero-order valence-electron chi connectivity index (χ0n) is 15.8. The molecule has 5 amide bonds. The Bertz CT molecular complexity index is 975. The first kappa shape index (κ1) is 20.3. The van der Waals surface area contributed by atoms with E-state index in [0.717, 1.165) is 4.90 Å². The molecule has 2 aromatic rings. The van der Waals surface area contributed by atoms with Crippen molar-refractivity contribution in [2.75, 3.05) is 18.9 Å². The topological polar surface area (TPSA) is 108 Å². The molecule has 29 heavy (non-hydrogen) atoms. The summed E-state index contributed by atoms with van der Waals surface area (Å²) in [6.07, 6.45) is 0. The van der Waals surface area contributed by atoms with Crippen molar-refractivity contribution in [1.82, 2.24) is 15.5 Å². The summed E-state index contributed by atoms with van der Waals surface area (Å²) < 4.78 is 0. The molecule has 0 bridgehead atoms. The first-order chi connectivity index (χ1) is 13.7. The number of hydrogen-bond acceptors (Lipinski definition) is 4. The minimum Gasteiger partial charge on any atom is -0.355 e. The Morgan fingerprint density at radius 1 is 1.07 bits per heavy atom. The van der Waals surface area contributed by atoms with Crippen LogP contribution in [0.25, 0.3) is 0 Å². The number of amides is 5. The molecular weight excluding hydrogens is 396 g/mol. The molecule has 0 radical (unpaired) electrons. The maximum absolute atomic E-state index is 12.8. The average Bonchev–Trinajstić information content (AvgIpc) is 2.92. The zero-order valence-corrected chi connectivity index (χ0v) is 16.5. The molecule has 1 atom stereocenters. The minimum absolute atomic E-state index is 0.247. The summed E-state index contributed by atoms with van der Waals surface area (Å²) in [7, 11) is 1.52. The lowest BCUT2D eigenvalue weighted by Gasteiger charge is -2.22. The van der Waals surface area contributed by atoms with E-state index in [1.807, 2.05) is 0 Å². The molecule has 0 spiro atoms. The number of imide groups is 1. The fourth-order valence-corrected chi connectivity index (χ4v) is 3.14. The van der Waals surface area contributed by atoms with Crippen LogP contribution < -0.4 is 16.0 Å². The molecule has 1 heterocycles. The van der Waals surface area contributed by atoms with Gasteiger partial charge >= 0.3 is 6.03 Å². The number of nitrogens with one attached hydrogen (secondary N) is 3. The van der Waals surface area contributed by atoms with Crippen molar-refractivity contribution in [2.45, 2.75) is 12.5 Å². The standard InChI is InChI=1S/C20H19ClN4O4/c1-20(13-5-7-14(21)8-6-13)18(28)25(19(29)24-20)11-16(26)23-15-9-3-12(4-10-15)17(27)22-2/h3-10H,11H2,1-2H3,(H,22,27)(H,23,26)(H,24,29). The van der Waals surface area contributed by atoms with E-state index < -0.39 is 29.9 Å². The number of anilines is 1. The van der Waals surface area contributed by atoms with Gasteiger partial charge in [-0.25, -0.2) is 4.79 Å². The second-order valence-corrected chi connectivity index (χ2v) is 7.09. The van der Waals surface area contributed by atoms with Crippen LogP contribution in [0.2, 0.25) is 5.02 Å². The second kappa shape index (κ2) is 7.92. The van der Waals surface area contributed by atoms with Crippen molar-refractivity contribution in [3.63, 3.8) is 0 Å². The highest BCUT2D eigenvalue weighted by Gasteiger charge is 2.49. The maximum Gasteiger partial charge on any atom is 0.325 e. The summed E-state index contributed by atoms with van der Waals surface area (Å²) in [6, 6.07) is 12.1. The van der Waals surface area contributed by atoms with Crippen LogP contribution in [0.5, 0.6) is 0 Å². The molecule has 1 fully saturated rings. The Balaban J connectivity index is 1.69. The largest absolute Gasteiger partial charge is 0.355 e. The van der Waals surface area contributed by atoms with Crippen LogP contribution in [0.1, 0.15) is 22.8 Å². The minimum atomic E-state index is -1.28. The van der Waals surface area contributed by atoms with Crippen molar-refractivity contribution < 1.29 is 19.2 Å². The van der Waals surface area contributed by atoms with E-state index in [9.17, 15) is 19.2 Å². The van der Waals surface area contributed by atoms with Crippen LogP contribution in [-0.4, -0.2) is 42.2 Å². The predicted octanol–water partition coefficient (Wildman–Crippen LogP) is 2.11. The summed E-state index contributed by atoms with van der Waals surface area (Å²) in [4.78, 5) is 49.9. The molecule has 0 saturated carbocycles. The van der Waals surface area contributed by atoms with E-state index in [-0.39, 0.29) is 5.91 Å². The fraction of sp³-hybridized carbons (Fsp3) is 0.200. The lowest BCUT2D eigenvalue weighted by molar-refractivity contribution is -0.133. The first-order valence-corrected chi connectivity index (χ1v) is 9.14. The smallest absolute Gasteiger partial charge is 0.325 e. The third kappa shape index (κ3) is 4.07.